The number of amides is 1. The third kappa shape index (κ3) is 4.68. The summed E-state index contributed by atoms with van der Waals surface area (Å²) >= 11 is 0. The monoisotopic (exact) mass is 397 g/mol. The second-order valence-electron chi connectivity index (χ2n) is 6.57. The number of halogens is 3. The van der Waals surface area contributed by atoms with Gasteiger partial charge in [-0.1, -0.05) is 17.3 Å². The van der Waals surface area contributed by atoms with Gasteiger partial charge in [0.05, 0.1) is 23.6 Å². The average molecular weight is 397 g/mol. The van der Waals surface area contributed by atoms with Crippen LogP contribution in [0.5, 0.6) is 0 Å². The lowest BCUT2D eigenvalue weighted by molar-refractivity contribution is -0.137. The molecule has 1 amide bonds. The molecule has 1 aliphatic rings. The van der Waals surface area contributed by atoms with E-state index in [9.17, 15) is 18.0 Å². The van der Waals surface area contributed by atoms with Crippen LogP contribution in [0.15, 0.2) is 30.5 Å². The quantitative estimate of drug-likeness (QED) is 0.756. The maximum Gasteiger partial charge on any atom is 0.418 e. The highest BCUT2D eigenvalue weighted by molar-refractivity contribution is 5.92. The summed E-state index contributed by atoms with van der Waals surface area (Å²) in [5, 5.41) is 7.50. The molecular formula is C18H22F3N5O2. The van der Waals surface area contributed by atoms with Crippen molar-refractivity contribution in [2.24, 2.45) is 5.73 Å². The van der Waals surface area contributed by atoms with E-state index < -0.39 is 11.7 Å². The van der Waals surface area contributed by atoms with Crippen LogP contribution in [0.1, 0.15) is 35.3 Å². The summed E-state index contributed by atoms with van der Waals surface area (Å²) in [5.41, 5.74) is 4.44. The minimum atomic E-state index is -4.53. The molecule has 1 saturated heterocycles. The molecule has 0 radical (unpaired) electrons. The van der Waals surface area contributed by atoms with Gasteiger partial charge in [-0.2, -0.15) is 13.2 Å². The normalized spacial score (nSPS) is 15.8. The van der Waals surface area contributed by atoms with Crippen LogP contribution in [-0.4, -0.2) is 58.1 Å². The lowest BCUT2D eigenvalue weighted by Crippen LogP contribution is -2.41. The summed E-state index contributed by atoms with van der Waals surface area (Å²) in [7, 11) is 0. The lowest BCUT2D eigenvalue weighted by Gasteiger charge is -2.31. The number of ether oxygens (including phenoxy) is 1. The Labute approximate surface area is 160 Å². The Morgan fingerprint density at radius 2 is 1.96 bits per heavy atom. The fourth-order valence-corrected chi connectivity index (χ4v) is 3.11. The molecule has 0 spiro atoms. The minimum Gasteiger partial charge on any atom is -0.378 e. The molecule has 152 valence electrons. The standard InChI is InChI=1S/C18H22F3N5O2/c19-18(20,21)14-4-1-2-5-16(14)26-12-15(23-24-26)17(27)25-9-6-13(7-10-25)28-11-3-8-22/h1-2,4-5,12-13H,3,6-11,22H2. The number of nitrogens with two attached hydrogens (primary N) is 1. The van der Waals surface area contributed by atoms with E-state index >= 15 is 0 Å². The molecule has 1 aliphatic heterocycles. The number of hydrogen-bond donors (Lipinski definition) is 1. The van der Waals surface area contributed by atoms with Gasteiger partial charge in [0.1, 0.15) is 0 Å². The number of rotatable bonds is 6. The maximum absolute atomic E-state index is 13.2. The molecule has 0 unspecified atom stereocenters. The zero-order valence-corrected chi connectivity index (χ0v) is 15.2. The summed E-state index contributed by atoms with van der Waals surface area (Å²) < 4.78 is 46.2. The van der Waals surface area contributed by atoms with Crippen molar-refractivity contribution in [2.75, 3.05) is 26.2 Å². The first-order valence-electron chi connectivity index (χ1n) is 9.10. The molecule has 3 rings (SSSR count). The number of likely N-dealkylation sites (tertiary alicyclic amines) is 1. The van der Waals surface area contributed by atoms with E-state index in [1.807, 2.05) is 0 Å². The zero-order valence-electron chi connectivity index (χ0n) is 15.2. The van der Waals surface area contributed by atoms with Crippen LogP contribution in [0.2, 0.25) is 0 Å². The summed E-state index contributed by atoms with van der Waals surface area (Å²) in [6.07, 6.45) is -1.02. The maximum atomic E-state index is 13.2. The molecule has 0 bridgehead atoms. The van der Waals surface area contributed by atoms with E-state index in [0.29, 0.717) is 39.1 Å². The van der Waals surface area contributed by atoms with E-state index in [-0.39, 0.29) is 23.4 Å². The first-order chi connectivity index (χ1) is 13.4. The van der Waals surface area contributed by atoms with Crippen LogP contribution in [0.25, 0.3) is 5.69 Å². The smallest absolute Gasteiger partial charge is 0.378 e. The van der Waals surface area contributed by atoms with Crippen molar-refractivity contribution in [1.29, 1.82) is 0 Å². The van der Waals surface area contributed by atoms with Crippen LogP contribution in [-0.2, 0) is 10.9 Å². The van der Waals surface area contributed by atoms with Crippen molar-refractivity contribution in [3.05, 3.63) is 41.7 Å². The molecular weight excluding hydrogens is 375 g/mol. The van der Waals surface area contributed by atoms with E-state index in [0.717, 1.165) is 17.2 Å². The molecule has 0 atom stereocenters. The Bertz CT molecular complexity index is 801. The SMILES string of the molecule is NCCCOC1CCN(C(=O)c2cn(-c3ccccc3C(F)(F)F)nn2)CC1. The van der Waals surface area contributed by atoms with Crippen LogP contribution < -0.4 is 5.73 Å². The number of aromatic nitrogens is 3. The molecule has 2 N–H and O–H groups in total. The van der Waals surface area contributed by atoms with Crippen LogP contribution >= 0.6 is 0 Å². The van der Waals surface area contributed by atoms with Gasteiger partial charge in [0, 0.05) is 19.7 Å². The molecule has 1 aromatic heterocycles. The number of carbonyl (C=O) groups is 1. The molecule has 7 nitrogen and oxygen atoms in total. The molecule has 1 fully saturated rings. The highest BCUT2D eigenvalue weighted by Gasteiger charge is 2.34. The van der Waals surface area contributed by atoms with Crippen molar-refractivity contribution in [3.8, 4) is 5.69 Å². The van der Waals surface area contributed by atoms with Crippen molar-refractivity contribution in [2.45, 2.75) is 31.5 Å². The predicted molar refractivity (Wildman–Crippen MR) is 94.9 cm³/mol. The Kier molecular flexibility index (Phi) is 6.30. The van der Waals surface area contributed by atoms with Gasteiger partial charge in [-0.15, -0.1) is 5.10 Å². The number of carbonyl (C=O) groups excluding carboxylic acids is 1. The summed E-state index contributed by atoms with van der Waals surface area (Å²) in [6, 6.07) is 5.03. The van der Waals surface area contributed by atoms with Crippen LogP contribution in [0, 0.1) is 0 Å². The van der Waals surface area contributed by atoms with E-state index in [1.165, 1.54) is 24.4 Å². The van der Waals surface area contributed by atoms with Gasteiger partial charge < -0.3 is 15.4 Å². The fourth-order valence-electron chi connectivity index (χ4n) is 3.11. The first kappa shape index (κ1) is 20.3. The fraction of sp³-hybridized carbons (Fsp3) is 0.500. The number of alkyl halides is 3. The summed E-state index contributed by atoms with van der Waals surface area (Å²) in [4.78, 5) is 14.2. The van der Waals surface area contributed by atoms with Gasteiger partial charge in [0.2, 0.25) is 0 Å². The molecule has 0 aliphatic carbocycles. The summed E-state index contributed by atoms with van der Waals surface area (Å²) in [6.45, 7) is 2.17. The van der Waals surface area contributed by atoms with E-state index in [2.05, 4.69) is 10.3 Å². The number of para-hydroxylation sites is 1. The van der Waals surface area contributed by atoms with E-state index in [4.69, 9.17) is 10.5 Å². The summed E-state index contributed by atoms with van der Waals surface area (Å²) in [5.74, 6) is -0.351. The van der Waals surface area contributed by atoms with Gasteiger partial charge >= 0.3 is 6.18 Å². The second kappa shape index (κ2) is 8.70. The molecule has 28 heavy (non-hydrogen) atoms. The van der Waals surface area contributed by atoms with Gasteiger partial charge in [-0.05, 0) is 37.9 Å². The highest BCUT2D eigenvalue weighted by Crippen LogP contribution is 2.33. The first-order valence-corrected chi connectivity index (χ1v) is 9.10. The van der Waals surface area contributed by atoms with E-state index in [1.54, 1.807) is 4.90 Å². The van der Waals surface area contributed by atoms with Crippen molar-refractivity contribution in [1.82, 2.24) is 19.9 Å². The Morgan fingerprint density at radius 1 is 1.25 bits per heavy atom. The lowest BCUT2D eigenvalue weighted by atomic mass is 10.1. The number of piperidine rings is 1. The Balaban J connectivity index is 1.66. The van der Waals surface area contributed by atoms with Gasteiger partial charge in [-0.3, -0.25) is 4.79 Å². The molecule has 2 heterocycles. The predicted octanol–water partition coefficient (Wildman–Crippen LogP) is 2.26. The second-order valence-corrected chi connectivity index (χ2v) is 6.57. The molecule has 10 heteroatoms. The number of benzene rings is 1. The zero-order chi connectivity index (χ0) is 20.1. The number of nitrogens with zero attached hydrogens (tertiary/aromatic N) is 4. The van der Waals surface area contributed by atoms with Crippen molar-refractivity contribution >= 4 is 5.91 Å². The third-order valence-corrected chi connectivity index (χ3v) is 4.60. The molecule has 2 aromatic rings. The van der Waals surface area contributed by atoms with Crippen LogP contribution in [0.3, 0.4) is 0 Å². The topological polar surface area (TPSA) is 86.3 Å². The van der Waals surface area contributed by atoms with Gasteiger partial charge in [0.25, 0.3) is 5.91 Å². The Morgan fingerprint density at radius 3 is 2.64 bits per heavy atom. The molecule has 1 aromatic carbocycles. The van der Waals surface area contributed by atoms with Crippen molar-refractivity contribution in [3.63, 3.8) is 0 Å². The van der Waals surface area contributed by atoms with Gasteiger partial charge in [-0.25, -0.2) is 4.68 Å². The van der Waals surface area contributed by atoms with Crippen molar-refractivity contribution < 1.29 is 22.7 Å². The van der Waals surface area contributed by atoms with Gasteiger partial charge in [0.15, 0.2) is 5.69 Å². The largest absolute Gasteiger partial charge is 0.418 e. The minimum absolute atomic E-state index is 0.0134. The highest BCUT2D eigenvalue weighted by atomic mass is 19.4. The van der Waals surface area contributed by atoms with Crippen LogP contribution in [0.4, 0.5) is 13.2 Å². The third-order valence-electron chi connectivity index (χ3n) is 4.60. The average Bonchev–Trinajstić information content (AvgIpc) is 3.18. The molecule has 0 saturated carbocycles. The Hall–Kier alpha value is -2.46. The number of hydrogen-bond acceptors (Lipinski definition) is 5.